The lowest BCUT2D eigenvalue weighted by Gasteiger charge is -2.17. The lowest BCUT2D eigenvalue weighted by molar-refractivity contribution is -0.106. The van der Waals surface area contributed by atoms with Crippen LogP contribution in [0.3, 0.4) is 0 Å². The molecule has 0 radical (unpaired) electrons. The van der Waals surface area contributed by atoms with Crippen LogP contribution < -0.4 is 19.7 Å². The van der Waals surface area contributed by atoms with Crippen LogP contribution >= 0.6 is 11.8 Å². The lowest BCUT2D eigenvalue weighted by atomic mass is 10.2. The van der Waals surface area contributed by atoms with E-state index >= 15 is 0 Å². The Balaban J connectivity index is 1.77. The van der Waals surface area contributed by atoms with E-state index < -0.39 is 11.5 Å². The largest absolute Gasteiger partial charge is 0.454 e. The number of rotatable bonds is 4. The second-order valence-corrected chi connectivity index (χ2v) is 6.16. The molecule has 1 heterocycles. The van der Waals surface area contributed by atoms with E-state index in [1.54, 1.807) is 12.1 Å². The molecule has 10 heteroatoms. The van der Waals surface area contributed by atoms with E-state index in [9.17, 15) is 22.8 Å². The summed E-state index contributed by atoms with van der Waals surface area (Å²) < 4.78 is 47.8. The minimum atomic E-state index is -4.47. The van der Waals surface area contributed by atoms with Gasteiger partial charge in [0, 0.05) is 16.6 Å². The van der Waals surface area contributed by atoms with Gasteiger partial charge < -0.3 is 14.8 Å². The molecule has 0 aliphatic carbocycles. The Bertz CT molecular complexity index is 844. The van der Waals surface area contributed by atoms with Crippen molar-refractivity contribution >= 4 is 35.6 Å². The predicted octanol–water partition coefficient (Wildman–Crippen LogP) is 4.22. The Morgan fingerprint density at radius 3 is 2.65 bits per heavy atom. The van der Waals surface area contributed by atoms with Gasteiger partial charge in [0.15, 0.2) is 11.5 Å². The number of fused-ring (bicyclic) bond motifs is 1. The van der Waals surface area contributed by atoms with Gasteiger partial charge in [0.1, 0.15) is 0 Å². The third kappa shape index (κ3) is 4.20. The first-order chi connectivity index (χ1) is 12.4. The third-order valence-electron chi connectivity index (χ3n) is 3.28. The van der Waals surface area contributed by atoms with E-state index in [0.29, 0.717) is 22.1 Å². The maximum Gasteiger partial charge on any atom is 0.446 e. The van der Waals surface area contributed by atoms with Crippen molar-refractivity contribution in [2.75, 3.05) is 17.0 Å². The summed E-state index contributed by atoms with van der Waals surface area (Å²) in [6.07, 6.45) is 0.222. The highest BCUT2D eigenvalue weighted by Crippen LogP contribution is 2.38. The number of alkyl halides is 3. The highest BCUT2D eigenvalue weighted by Gasteiger charge is 2.29. The molecular formula is C16H11F3N2O4S. The van der Waals surface area contributed by atoms with Gasteiger partial charge in [0.25, 0.3) is 0 Å². The average molecular weight is 384 g/mol. The van der Waals surface area contributed by atoms with Crippen molar-refractivity contribution in [3.63, 3.8) is 0 Å². The van der Waals surface area contributed by atoms with Crippen molar-refractivity contribution in [2.24, 2.45) is 0 Å². The highest BCUT2D eigenvalue weighted by atomic mass is 32.2. The molecule has 0 fully saturated rings. The zero-order valence-corrected chi connectivity index (χ0v) is 13.8. The summed E-state index contributed by atoms with van der Waals surface area (Å²) in [4.78, 5) is 24.2. The fraction of sp³-hybridized carbons (Fsp3) is 0.125. The Morgan fingerprint density at radius 2 is 1.92 bits per heavy atom. The summed E-state index contributed by atoms with van der Waals surface area (Å²) in [5, 5.41) is 2.48. The second kappa shape index (κ2) is 7.16. The van der Waals surface area contributed by atoms with Crippen molar-refractivity contribution in [3.05, 3.63) is 42.5 Å². The van der Waals surface area contributed by atoms with E-state index in [1.807, 2.05) is 0 Å². The van der Waals surface area contributed by atoms with Gasteiger partial charge in [-0.05, 0) is 42.1 Å². The van der Waals surface area contributed by atoms with Gasteiger partial charge >= 0.3 is 11.5 Å². The minimum Gasteiger partial charge on any atom is -0.454 e. The van der Waals surface area contributed by atoms with E-state index in [-0.39, 0.29) is 35.5 Å². The number of amides is 3. The zero-order valence-electron chi connectivity index (χ0n) is 12.9. The van der Waals surface area contributed by atoms with Gasteiger partial charge in [0.2, 0.25) is 13.2 Å². The molecule has 2 aromatic rings. The van der Waals surface area contributed by atoms with E-state index in [2.05, 4.69) is 5.32 Å². The molecule has 1 aliphatic rings. The number of ether oxygens (including phenoxy) is 2. The number of urea groups is 1. The molecule has 0 aromatic heterocycles. The Labute approximate surface area is 149 Å². The SMILES string of the molecule is O=CN(C(=O)Nc1ccc2c(c1)OCO2)c1cccc(SC(F)(F)F)c1. The highest BCUT2D eigenvalue weighted by molar-refractivity contribution is 8.00. The van der Waals surface area contributed by atoms with Crippen LogP contribution in [-0.4, -0.2) is 24.7 Å². The monoisotopic (exact) mass is 384 g/mol. The smallest absolute Gasteiger partial charge is 0.446 e. The van der Waals surface area contributed by atoms with Crippen molar-refractivity contribution < 1.29 is 32.2 Å². The number of nitrogens with zero attached hydrogens (tertiary/aromatic N) is 1. The predicted molar refractivity (Wildman–Crippen MR) is 88.5 cm³/mol. The topological polar surface area (TPSA) is 67.9 Å². The first kappa shape index (κ1) is 17.9. The molecule has 1 aliphatic heterocycles. The molecule has 0 spiro atoms. The zero-order chi connectivity index (χ0) is 18.7. The fourth-order valence-corrected chi connectivity index (χ4v) is 2.81. The molecule has 1 N–H and O–H groups in total. The molecular weight excluding hydrogens is 373 g/mol. The number of halogens is 3. The van der Waals surface area contributed by atoms with Crippen molar-refractivity contribution in [3.8, 4) is 11.5 Å². The van der Waals surface area contributed by atoms with Gasteiger partial charge in [-0.1, -0.05) is 6.07 Å². The van der Waals surface area contributed by atoms with Gasteiger partial charge in [0.05, 0.1) is 5.69 Å². The summed E-state index contributed by atoms with van der Waals surface area (Å²) >= 11 is -0.333. The van der Waals surface area contributed by atoms with Crippen LogP contribution in [0.15, 0.2) is 47.4 Å². The standard InChI is InChI=1S/C16H11F3N2O4S/c17-16(18,19)26-12-3-1-2-11(7-12)21(8-22)15(23)20-10-4-5-13-14(6-10)25-9-24-13/h1-8H,9H2,(H,20,23). The van der Waals surface area contributed by atoms with Gasteiger partial charge in [-0.3, -0.25) is 4.79 Å². The molecule has 0 bridgehead atoms. The van der Waals surface area contributed by atoms with E-state index in [0.717, 1.165) is 6.07 Å². The van der Waals surface area contributed by atoms with Gasteiger partial charge in [-0.2, -0.15) is 13.2 Å². The number of thioether (sulfide) groups is 1. The molecule has 0 saturated carbocycles. The molecule has 2 aromatic carbocycles. The maximum absolute atomic E-state index is 12.5. The number of benzene rings is 2. The number of imide groups is 1. The van der Waals surface area contributed by atoms with Crippen LogP contribution in [0.25, 0.3) is 0 Å². The Kier molecular flexibility index (Phi) is 4.94. The third-order valence-corrected chi connectivity index (χ3v) is 4.00. The molecule has 6 nitrogen and oxygen atoms in total. The van der Waals surface area contributed by atoms with Crippen LogP contribution in [0, 0.1) is 0 Å². The average Bonchev–Trinajstić information content (AvgIpc) is 3.02. The molecule has 0 saturated heterocycles. The van der Waals surface area contributed by atoms with Crippen LogP contribution in [-0.2, 0) is 4.79 Å². The fourth-order valence-electron chi connectivity index (χ4n) is 2.21. The lowest BCUT2D eigenvalue weighted by Crippen LogP contribution is -2.33. The number of carbonyl (C=O) groups is 2. The van der Waals surface area contributed by atoms with Gasteiger partial charge in [-0.15, -0.1) is 0 Å². The number of anilines is 2. The summed E-state index contributed by atoms with van der Waals surface area (Å²) in [6.45, 7) is 0.0663. The molecule has 26 heavy (non-hydrogen) atoms. The maximum atomic E-state index is 12.5. The molecule has 3 rings (SSSR count). The Morgan fingerprint density at radius 1 is 1.15 bits per heavy atom. The molecule has 0 unspecified atom stereocenters. The molecule has 3 amide bonds. The van der Waals surface area contributed by atoms with Crippen LogP contribution in [0.2, 0.25) is 0 Å². The van der Waals surface area contributed by atoms with Crippen molar-refractivity contribution in [2.45, 2.75) is 10.4 Å². The van der Waals surface area contributed by atoms with Crippen LogP contribution in [0.5, 0.6) is 11.5 Å². The number of hydrogen-bond acceptors (Lipinski definition) is 5. The number of carbonyl (C=O) groups excluding carboxylic acids is 2. The van der Waals surface area contributed by atoms with Crippen LogP contribution in [0.4, 0.5) is 29.3 Å². The summed E-state index contributed by atoms with van der Waals surface area (Å²) in [5.41, 5.74) is -4.13. The minimum absolute atomic E-state index is 0.00694. The van der Waals surface area contributed by atoms with E-state index in [4.69, 9.17) is 9.47 Å². The normalized spacial score (nSPS) is 12.6. The summed E-state index contributed by atoms with van der Waals surface area (Å²) in [7, 11) is 0. The number of hydrogen-bond donors (Lipinski definition) is 1. The summed E-state index contributed by atoms with van der Waals surface area (Å²) in [5.74, 6) is 0.955. The Hall–Kier alpha value is -2.88. The van der Waals surface area contributed by atoms with Crippen LogP contribution in [0.1, 0.15) is 0 Å². The summed E-state index contributed by atoms with van der Waals surface area (Å²) in [6, 6.07) is 8.84. The number of nitrogens with one attached hydrogen (secondary N) is 1. The van der Waals surface area contributed by atoms with Gasteiger partial charge in [-0.25, -0.2) is 9.69 Å². The first-order valence-electron chi connectivity index (χ1n) is 7.17. The quantitative estimate of drug-likeness (QED) is 0.631. The van der Waals surface area contributed by atoms with E-state index in [1.165, 1.54) is 24.3 Å². The second-order valence-electron chi connectivity index (χ2n) is 5.02. The van der Waals surface area contributed by atoms with Crippen molar-refractivity contribution in [1.29, 1.82) is 0 Å². The first-order valence-corrected chi connectivity index (χ1v) is 7.98. The van der Waals surface area contributed by atoms with Crippen molar-refractivity contribution in [1.82, 2.24) is 0 Å². The molecule has 136 valence electrons. The molecule has 0 atom stereocenters.